The van der Waals surface area contributed by atoms with Gasteiger partial charge in [-0.25, -0.2) is 22.5 Å². The molecular formula is C21H21FN4O3S. The van der Waals surface area contributed by atoms with E-state index < -0.39 is 21.6 Å². The van der Waals surface area contributed by atoms with E-state index in [-0.39, 0.29) is 29.2 Å². The van der Waals surface area contributed by atoms with Crippen molar-refractivity contribution in [2.45, 2.75) is 38.1 Å². The largest absolute Gasteiger partial charge is 0.319 e. The molecule has 5 rings (SSSR count). The maximum atomic E-state index is 14.1. The molecule has 1 atom stereocenters. The van der Waals surface area contributed by atoms with E-state index in [1.165, 1.54) is 12.1 Å². The summed E-state index contributed by atoms with van der Waals surface area (Å²) in [6.45, 7) is 1.78. The van der Waals surface area contributed by atoms with Crippen LogP contribution in [-0.2, 0) is 9.84 Å². The van der Waals surface area contributed by atoms with Crippen LogP contribution in [0.5, 0.6) is 0 Å². The second-order valence-corrected chi connectivity index (χ2v) is 10.3. The Morgan fingerprint density at radius 3 is 2.67 bits per heavy atom. The van der Waals surface area contributed by atoms with Gasteiger partial charge in [-0.1, -0.05) is 12.1 Å². The van der Waals surface area contributed by atoms with Gasteiger partial charge in [0.05, 0.1) is 39.9 Å². The molecule has 0 radical (unpaired) electrons. The Labute approximate surface area is 173 Å². The Bertz CT molecular complexity index is 1280. The number of aromatic nitrogens is 3. The van der Waals surface area contributed by atoms with Gasteiger partial charge in [0.2, 0.25) is 0 Å². The van der Waals surface area contributed by atoms with Crippen molar-refractivity contribution in [2.75, 3.05) is 16.8 Å². The molecule has 3 aromatic rings. The fraction of sp³-hybridized carbons (Fsp3) is 0.381. The smallest absolute Gasteiger partial charge is 0.256 e. The molecule has 3 heterocycles. The van der Waals surface area contributed by atoms with Gasteiger partial charge in [0, 0.05) is 11.6 Å². The standard InChI is InChI=1S/C21H21FN4O3S/c1-12-19-15(21(27)24-17-5-3-2-4-16(17)22)10-18(13-6-7-13)23-20(19)26(25-12)14-8-9-30(28,29)11-14/h2-5,10,13-14H,6-9,11H2,1H3,(H,24,27)/t14-/m0/s1. The number of rotatable bonds is 4. The number of nitrogens with zero attached hydrogens (tertiary/aromatic N) is 3. The predicted octanol–water partition coefficient (Wildman–Crippen LogP) is 3.37. The quantitative estimate of drug-likeness (QED) is 0.688. The fourth-order valence-electron chi connectivity index (χ4n) is 4.07. The van der Waals surface area contributed by atoms with E-state index in [1.807, 2.05) is 0 Å². The van der Waals surface area contributed by atoms with Crippen LogP contribution in [0.1, 0.15) is 53.0 Å². The molecule has 2 aromatic heterocycles. The van der Waals surface area contributed by atoms with Gasteiger partial charge in [0.25, 0.3) is 5.91 Å². The van der Waals surface area contributed by atoms with Crippen molar-refractivity contribution in [3.63, 3.8) is 0 Å². The van der Waals surface area contributed by atoms with Gasteiger partial charge in [-0.2, -0.15) is 5.10 Å². The monoisotopic (exact) mass is 428 g/mol. The molecule has 2 fully saturated rings. The predicted molar refractivity (Wildman–Crippen MR) is 111 cm³/mol. The number of benzene rings is 1. The van der Waals surface area contributed by atoms with Gasteiger partial charge in [0.15, 0.2) is 15.5 Å². The van der Waals surface area contributed by atoms with Crippen LogP contribution in [0.3, 0.4) is 0 Å². The molecule has 1 saturated carbocycles. The summed E-state index contributed by atoms with van der Waals surface area (Å²) in [5, 5.41) is 7.79. The minimum Gasteiger partial charge on any atom is -0.319 e. The average molecular weight is 428 g/mol. The third-order valence-corrected chi connectivity index (χ3v) is 7.52. The SMILES string of the molecule is Cc1nn([C@H]2CCS(=O)(=O)C2)c2nc(C3CC3)cc(C(=O)Nc3ccccc3F)c12. The van der Waals surface area contributed by atoms with Crippen LogP contribution >= 0.6 is 0 Å². The maximum Gasteiger partial charge on any atom is 0.256 e. The first-order chi connectivity index (χ1) is 14.3. The Hall–Kier alpha value is -2.81. The number of amides is 1. The van der Waals surface area contributed by atoms with Crippen molar-refractivity contribution in [1.82, 2.24) is 14.8 Å². The molecule has 1 saturated heterocycles. The molecule has 7 nitrogen and oxygen atoms in total. The van der Waals surface area contributed by atoms with Gasteiger partial charge in [-0.15, -0.1) is 0 Å². The fourth-order valence-corrected chi connectivity index (χ4v) is 5.77. The maximum absolute atomic E-state index is 14.1. The first kappa shape index (κ1) is 19.2. The van der Waals surface area contributed by atoms with Crippen molar-refractivity contribution in [3.8, 4) is 0 Å². The second kappa shape index (κ2) is 6.87. The highest BCUT2D eigenvalue weighted by Crippen LogP contribution is 2.41. The summed E-state index contributed by atoms with van der Waals surface area (Å²) in [5.41, 5.74) is 2.41. The highest BCUT2D eigenvalue weighted by atomic mass is 32.2. The molecule has 30 heavy (non-hydrogen) atoms. The van der Waals surface area contributed by atoms with Crippen molar-refractivity contribution >= 4 is 32.5 Å². The summed E-state index contributed by atoms with van der Waals surface area (Å²) in [6, 6.07) is 7.48. The number of carbonyl (C=O) groups excluding carboxylic acids is 1. The lowest BCUT2D eigenvalue weighted by Crippen LogP contribution is -2.16. The van der Waals surface area contributed by atoms with Crippen LogP contribution < -0.4 is 5.32 Å². The number of para-hydroxylation sites is 1. The van der Waals surface area contributed by atoms with E-state index in [9.17, 15) is 17.6 Å². The summed E-state index contributed by atoms with van der Waals surface area (Å²) in [7, 11) is -3.10. The van der Waals surface area contributed by atoms with E-state index >= 15 is 0 Å². The topological polar surface area (TPSA) is 93.9 Å². The minimum atomic E-state index is -3.10. The summed E-state index contributed by atoms with van der Waals surface area (Å²) in [4.78, 5) is 17.9. The normalized spacial score (nSPS) is 20.5. The van der Waals surface area contributed by atoms with E-state index in [0.29, 0.717) is 28.7 Å². The van der Waals surface area contributed by atoms with E-state index in [4.69, 9.17) is 4.98 Å². The first-order valence-corrected chi connectivity index (χ1v) is 11.8. The molecule has 1 aromatic carbocycles. The lowest BCUT2D eigenvalue weighted by atomic mass is 10.1. The molecule has 1 aliphatic carbocycles. The number of sulfone groups is 1. The van der Waals surface area contributed by atoms with Crippen LogP contribution in [0.4, 0.5) is 10.1 Å². The van der Waals surface area contributed by atoms with E-state index in [1.54, 1.807) is 29.8 Å². The summed E-state index contributed by atoms with van der Waals surface area (Å²) in [6.07, 6.45) is 2.47. The van der Waals surface area contributed by atoms with Crippen molar-refractivity contribution in [2.24, 2.45) is 0 Å². The number of anilines is 1. The number of halogens is 1. The average Bonchev–Trinajstić information content (AvgIpc) is 3.42. The lowest BCUT2D eigenvalue weighted by Gasteiger charge is -2.12. The van der Waals surface area contributed by atoms with Gasteiger partial charge < -0.3 is 5.32 Å². The third kappa shape index (κ3) is 3.36. The second-order valence-electron chi connectivity index (χ2n) is 8.09. The van der Waals surface area contributed by atoms with Gasteiger partial charge in [0.1, 0.15) is 5.82 Å². The molecule has 1 aliphatic heterocycles. The van der Waals surface area contributed by atoms with E-state index in [0.717, 1.165) is 18.5 Å². The zero-order chi connectivity index (χ0) is 21.0. The van der Waals surface area contributed by atoms with Crippen LogP contribution in [0.2, 0.25) is 0 Å². The summed E-state index contributed by atoms with van der Waals surface area (Å²) >= 11 is 0. The summed E-state index contributed by atoms with van der Waals surface area (Å²) < 4.78 is 39.7. The third-order valence-electron chi connectivity index (χ3n) is 5.77. The van der Waals surface area contributed by atoms with Gasteiger partial charge in [-0.05, 0) is 44.4 Å². The first-order valence-electron chi connectivity index (χ1n) is 9.98. The van der Waals surface area contributed by atoms with Crippen molar-refractivity contribution in [3.05, 3.63) is 53.1 Å². The molecule has 0 bridgehead atoms. The molecule has 1 amide bonds. The van der Waals surface area contributed by atoms with E-state index in [2.05, 4.69) is 10.4 Å². The van der Waals surface area contributed by atoms with Crippen LogP contribution in [0.15, 0.2) is 30.3 Å². The van der Waals surface area contributed by atoms with Crippen molar-refractivity contribution in [1.29, 1.82) is 0 Å². The Morgan fingerprint density at radius 1 is 1.23 bits per heavy atom. The summed E-state index contributed by atoms with van der Waals surface area (Å²) in [5.74, 6) is -0.514. The van der Waals surface area contributed by atoms with Crippen LogP contribution in [0.25, 0.3) is 11.0 Å². The molecular weight excluding hydrogens is 407 g/mol. The number of nitrogens with one attached hydrogen (secondary N) is 1. The molecule has 2 aliphatic rings. The lowest BCUT2D eigenvalue weighted by molar-refractivity contribution is 0.102. The highest BCUT2D eigenvalue weighted by molar-refractivity contribution is 7.91. The Balaban J connectivity index is 1.63. The minimum absolute atomic E-state index is 0.0231. The number of fused-ring (bicyclic) bond motifs is 1. The molecule has 9 heteroatoms. The number of carbonyl (C=O) groups is 1. The molecule has 0 unspecified atom stereocenters. The Kier molecular flexibility index (Phi) is 4.39. The Morgan fingerprint density at radius 2 is 2.00 bits per heavy atom. The zero-order valence-corrected chi connectivity index (χ0v) is 17.2. The highest BCUT2D eigenvalue weighted by Gasteiger charge is 2.34. The number of hydrogen-bond acceptors (Lipinski definition) is 5. The number of hydrogen-bond donors (Lipinski definition) is 1. The molecule has 1 N–H and O–H groups in total. The molecule has 156 valence electrons. The number of pyridine rings is 1. The zero-order valence-electron chi connectivity index (χ0n) is 16.4. The number of aryl methyl sites for hydroxylation is 1. The van der Waals surface area contributed by atoms with Gasteiger partial charge >= 0.3 is 0 Å². The van der Waals surface area contributed by atoms with Gasteiger partial charge in [-0.3, -0.25) is 4.79 Å². The molecule has 0 spiro atoms. The van der Waals surface area contributed by atoms with Crippen molar-refractivity contribution < 1.29 is 17.6 Å². The van der Waals surface area contributed by atoms with Crippen LogP contribution in [-0.4, -0.2) is 40.6 Å². The van der Waals surface area contributed by atoms with Crippen LogP contribution in [0, 0.1) is 12.7 Å².